The lowest BCUT2D eigenvalue weighted by Crippen LogP contribution is -2.23. The van der Waals surface area contributed by atoms with Gasteiger partial charge < -0.3 is 0 Å². The highest BCUT2D eigenvalue weighted by Crippen LogP contribution is 2.21. The molecular weight excluding hydrogens is 320 g/mol. The van der Waals surface area contributed by atoms with Gasteiger partial charge in [-0.1, -0.05) is 22.9 Å². The number of nitrogens with zero attached hydrogens (tertiary/aromatic N) is 3. The lowest BCUT2D eigenvalue weighted by atomic mass is 10.2. The van der Waals surface area contributed by atoms with Crippen LogP contribution in [0.25, 0.3) is 0 Å². The number of aromatic nitrogens is 3. The van der Waals surface area contributed by atoms with Crippen molar-refractivity contribution in [1.29, 1.82) is 0 Å². The molecule has 0 aliphatic rings. The summed E-state index contributed by atoms with van der Waals surface area (Å²) in [6, 6.07) is 5.05. The number of halogens is 1. The Morgan fingerprint density at radius 1 is 1.33 bits per heavy atom. The van der Waals surface area contributed by atoms with E-state index < -0.39 is 10.0 Å². The number of hydrogen-bond donors (Lipinski definition) is 1. The van der Waals surface area contributed by atoms with E-state index in [2.05, 4.69) is 31.0 Å². The second-order valence-electron chi connectivity index (χ2n) is 3.57. The summed E-state index contributed by atoms with van der Waals surface area (Å²) < 4.78 is 26.4. The Balaban J connectivity index is 2.41. The number of benzene rings is 1. The van der Waals surface area contributed by atoms with Crippen molar-refractivity contribution in [2.24, 2.45) is 0 Å². The predicted molar refractivity (Wildman–Crippen MR) is 70.1 cm³/mol. The Labute approximate surface area is 113 Å². The summed E-state index contributed by atoms with van der Waals surface area (Å²) in [5, 5.41) is 7.07. The van der Waals surface area contributed by atoms with Crippen LogP contribution in [0.5, 0.6) is 0 Å². The van der Waals surface area contributed by atoms with Crippen molar-refractivity contribution in [3.05, 3.63) is 40.9 Å². The normalized spacial score (nSPS) is 11.4. The average Bonchev–Trinajstić information content (AvgIpc) is 2.80. The molecule has 1 heterocycles. The largest absolute Gasteiger partial charge is 0.275 e. The van der Waals surface area contributed by atoms with Crippen LogP contribution in [0.3, 0.4) is 0 Å². The van der Waals surface area contributed by atoms with Crippen molar-refractivity contribution >= 4 is 26.0 Å². The van der Waals surface area contributed by atoms with E-state index in [0.29, 0.717) is 6.42 Å². The van der Waals surface area contributed by atoms with Gasteiger partial charge in [-0.3, -0.25) is 0 Å². The molecule has 0 fully saturated rings. The van der Waals surface area contributed by atoms with Gasteiger partial charge in [0.05, 0.1) is 4.90 Å². The monoisotopic (exact) mass is 330 g/mol. The van der Waals surface area contributed by atoms with E-state index in [4.69, 9.17) is 0 Å². The highest BCUT2D eigenvalue weighted by molar-refractivity contribution is 9.10. The summed E-state index contributed by atoms with van der Waals surface area (Å²) in [5.74, 6) is 0. The van der Waals surface area contributed by atoms with Crippen LogP contribution in [0, 0.1) is 0 Å². The molecule has 0 aliphatic carbocycles. The van der Waals surface area contributed by atoms with Gasteiger partial charge in [-0.15, -0.1) is 10.2 Å². The van der Waals surface area contributed by atoms with Gasteiger partial charge in [-0.2, -0.15) is 8.42 Å². The zero-order chi connectivity index (χ0) is 13.2. The molecule has 2 rings (SSSR count). The smallest absolute Gasteiger partial charge is 0.221 e. The minimum atomic E-state index is -3.63. The van der Waals surface area contributed by atoms with Gasteiger partial charge in [0.25, 0.3) is 10.0 Å². The van der Waals surface area contributed by atoms with Crippen LogP contribution in [0.2, 0.25) is 0 Å². The molecule has 0 saturated carbocycles. The maximum absolute atomic E-state index is 12.2. The Hall–Kier alpha value is -1.41. The summed E-state index contributed by atoms with van der Waals surface area (Å²) >= 11 is 3.32. The third-order valence-corrected chi connectivity index (χ3v) is 4.26. The van der Waals surface area contributed by atoms with Crippen molar-refractivity contribution in [3.63, 3.8) is 0 Å². The van der Waals surface area contributed by atoms with Crippen LogP contribution in [-0.4, -0.2) is 23.3 Å². The summed E-state index contributed by atoms with van der Waals surface area (Å²) in [5.41, 5.74) is 0.741. The van der Waals surface area contributed by atoms with Gasteiger partial charge in [0, 0.05) is 4.47 Å². The van der Waals surface area contributed by atoms with E-state index in [1.165, 1.54) is 17.3 Å². The molecule has 0 aliphatic heterocycles. The van der Waals surface area contributed by atoms with E-state index in [0.717, 1.165) is 10.0 Å². The second-order valence-corrected chi connectivity index (χ2v) is 6.11. The molecule has 2 aromatic rings. The first-order chi connectivity index (χ1) is 8.53. The van der Waals surface area contributed by atoms with Crippen LogP contribution in [0.4, 0.5) is 0 Å². The molecule has 96 valence electrons. The summed E-state index contributed by atoms with van der Waals surface area (Å²) in [7, 11) is -3.63. The number of sulfonamides is 1. The van der Waals surface area contributed by atoms with E-state index in [9.17, 15) is 8.42 Å². The molecule has 1 N–H and O–H groups in total. The number of hydrogen-bond acceptors (Lipinski definition) is 4. The van der Waals surface area contributed by atoms with Crippen molar-refractivity contribution in [3.8, 4) is 0 Å². The van der Waals surface area contributed by atoms with Gasteiger partial charge in [0.15, 0.2) is 0 Å². The molecule has 0 unspecified atom stereocenters. The maximum atomic E-state index is 12.2. The van der Waals surface area contributed by atoms with E-state index in [-0.39, 0.29) is 4.90 Å². The van der Waals surface area contributed by atoms with Crippen LogP contribution in [-0.2, 0) is 16.4 Å². The molecule has 0 radical (unpaired) electrons. The highest BCUT2D eigenvalue weighted by Gasteiger charge is 2.18. The zero-order valence-electron chi connectivity index (χ0n) is 9.54. The molecule has 6 nitrogen and oxygen atoms in total. The average molecular weight is 331 g/mol. The van der Waals surface area contributed by atoms with Crippen molar-refractivity contribution in [2.75, 3.05) is 4.83 Å². The second kappa shape index (κ2) is 5.07. The summed E-state index contributed by atoms with van der Waals surface area (Å²) in [4.78, 5) is 2.61. The van der Waals surface area contributed by atoms with Crippen LogP contribution in [0.1, 0.15) is 12.5 Å². The Morgan fingerprint density at radius 2 is 2.00 bits per heavy atom. The van der Waals surface area contributed by atoms with E-state index in [1.54, 1.807) is 18.2 Å². The SMILES string of the molecule is CCc1cc(Br)ccc1S(=O)(=O)Nn1cnnc1. The topological polar surface area (TPSA) is 76.9 Å². The number of rotatable bonds is 4. The molecule has 18 heavy (non-hydrogen) atoms. The van der Waals surface area contributed by atoms with Crippen LogP contribution in [0.15, 0.2) is 40.2 Å². The third-order valence-electron chi connectivity index (χ3n) is 2.34. The van der Waals surface area contributed by atoms with E-state index in [1.807, 2.05) is 6.92 Å². The standard InChI is InChI=1S/C10H11BrN4O2S/c1-2-8-5-9(11)3-4-10(8)18(16,17)14-15-6-12-13-7-15/h3-7,14H,2H2,1H3. The van der Waals surface area contributed by atoms with Crippen LogP contribution < -0.4 is 4.83 Å². The lowest BCUT2D eigenvalue weighted by molar-refractivity contribution is 0.594. The quantitative estimate of drug-likeness (QED) is 0.922. The Morgan fingerprint density at radius 3 is 2.61 bits per heavy atom. The first kappa shape index (κ1) is 13.0. The van der Waals surface area contributed by atoms with Crippen molar-refractivity contribution in [1.82, 2.24) is 14.9 Å². The van der Waals surface area contributed by atoms with Gasteiger partial charge in [-0.05, 0) is 30.2 Å². The first-order valence-electron chi connectivity index (χ1n) is 5.19. The zero-order valence-corrected chi connectivity index (χ0v) is 11.9. The molecule has 0 amide bonds. The van der Waals surface area contributed by atoms with Gasteiger partial charge in [0.2, 0.25) is 0 Å². The van der Waals surface area contributed by atoms with Gasteiger partial charge in [-0.25, -0.2) is 9.51 Å². The summed E-state index contributed by atoms with van der Waals surface area (Å²) in [6.45, 7) is 1.90. The predicted octanol–water partition coefficient (Wildman–Crippen LogP) is 1.54. The Kier molecular flexibility index (Phi) is 3.67. The van der Waals surface area contributed by atoms with Crippen molar-refractivity contribution in [2.45, 2.75) is 18.2 Å². The van der Waals surface area contributed by atoms with E-state index >= 15 is 0 Å². The maximum Gasteiger partial charge on any atom is 0.275 e. The molecule has 8 heteroatoms. The molecule has 0 saturated heterocycles. The minimum Gasteiger partial charge on any atom is -0.221 e. The fourth-order valence-electron chi connectivity index (χ4n) is 1.52. The lowest BCUT2D eigenvalue weighted by Gasteiger charge is -2.11. The minimum absolute atomic E-state index is 0.252. The van der Waals surface area contributed by atoms with Crippen molar-refractivity contribution < 1.29 is 8.42 Å². The number of aryl methyl sites for hydroxylation is 1. The first-order valence-corrected chi connectivity index (χ1v) is 7.46. The molecule has 0 atom stereocenters. The molecule has 1 aromatic carbocycles. The third kappa shape index (κ3) is 2.70. The molecule has 0 spiro atoms. The van der Waals surface area contributed by atoms with Gasteiger partial charge in [0.1, 0.15) is 12.7 Å². The molecule has 0 bridgehead atoms. The van der Waals surface area contributed by atoms with Gasteiger partial charge >= 0.3 is 0 Å². The Bertz CT molecular complexity index is 640. The fourth-order valence-corrected chi connectivity index (χ4v) is 3.20. The fraction of sp³-hybridized carbons (Fsp3) is 0.200. The molecular formula is C10H11BrN4O2S. The summed E-state index contributed by atoms with van der Waals surface area (Å²) in [6.07, 6.45) is 3.18. The molecule has 1 aromatic heterocycles. The van der Waals surface area contributed by atoms with Crippen LogP contribution >= 0.6 is 15.9 Å². The number of nitrogens with one attached hydrogen (secondary N) is 1. The highest BCUT2D eigenvalue weighted by atomic mass is 79.9.